The zero-order chi connectivity index (χ0) is 23.0. The molecule has 5 rings (SSSR count). The van der Waals surface area contributed by atoms with E-state index < -0.39 is 10.0 Å². The first-order chi connectivity index (χ1) is 15.9. The number of rotatable bonds is 5. The number of nitrogens with zero attached hydrogens (tertiary/aromatic N) is 1. The number of carbonyl (C=O) groups is 1. The summed E-state index contributed by atoms with van der Waals surface area (Å²) in [7, 11) is -3.64. The first-order valence-electron chi connectivity index (χ1n) is 10.9. The van der Waals surface area contributed by atoms with Gasteiger partial charge < -0.3 is 5.32 Å². The maximum atomic E-state index is 13.1. The molecule has 0 spiro atoms. The Labute approximate surface area is 193 Å². The summed E-state index contributed by atoms with van der Waals surface area (Å²) in [6.45, 7) is 2.71. The summed E-state index contributed by atoms with van der Waals surface area (Å²) < 4.78 is 27.7. The van der Waals surface area contributed by atoms with Crippen LogP contribution in [0.2, 0.25) is 0 Å². The van der Waals surface area contributed by atoms with E-state index >= 15 is 0 Å². The fraction of sp³-hybridized carbons (Fsp3) is 0.148. The lowest BCUT2D eigenvalue weighted by molar-refractivity contribution is 0.0951. The molecular formula is C27H24N2O3S. The summed E-state index contributed by atoms with van der Waals surface area (Å²) >= 11 is 0. The van der Waals surface area contributed by atoms with E-state index in [1.165, 1.54) is 4.31 Å². The lowest BCUT2D eigenvalue weighted by Gasteiger charge is -2.20. The van der Waals surface area contributed by atoms with Gasteiger partial charge >= 0.3 is 0 Å². The quantitative estimate of drug-likeness (QED) is 0.468. The lowest BCUT2D eigenvalue weighted by atomic mass is 10.0. The Morgan fingerprint density at radius 3 is 2.52 bits per heavy atom. The fourth-order valence-corrected chi connectivity index (χ4v) is 5.83. The molecule has 166 valence electrons. The second-order valence-electron chi connectivity index (χ2n) is 8.30. The molecule has 0 aliphatic carbocycles. The first kappa shape index (κ1) is 21.2. The van der Waals surface area contributed by atoms with Gasteiger partial charge in [-0.3, -0.25) is 9.10 Å². The highest BCUT2D eigenvalue weighted by atomic mass is 32.2. The summed E-state index contributed by atoms with van der Waals surface area (Å²) in [5.74, 6) is -0.175. The molecule has 5 nitrogen and oxygen atoms in total. The van der Waals surface area contributed by atoms with Crippen LogP contribution >= 0.6 is 0 Å². The van der Waals surface area contributed by atoms with Gasteiger partial charge in [0.15, 0.2) is 0 Å². The second-order valence-corrected chi connectivity index (χ2v) is 10.2. The Morgan fingerprint density at radius 1 is 0.939 bits per heavy atom. The number of fused-ring (bicyclic) bond motifs is 2. The SMILES string of the molecule is Cc1ccc(S(=O)(=O)N2CCc3cc(C(=O)NCc4cccc5ccccc45)ccc32)cc1. The van der Waals surface area contributed by atoms with Crippen LogP contribution in [0.1, 0.15) is 27.0 Å². The van der Waals surface area contributed by atoms with E-state index in [2.05, 4.69) is 23.5 Å². The van der Waals surface area contributed by atoms with Crippen molar-refractivity contribution in [3.63, 3.8) is 0 Å². The van der Waals surface area contributed by atoms with Crippen LogP contribution in [0.3, 0.4) is 0 Å². The molecular weight excluding hydrogens is 432 g/mol. The lowest BCUT2D eigenvalue weighted by Crippen LogP contribution is -2.29. The largest absolute Gasteiger partial charge is 0.348 e. The van der Waals surface area contributed by atoms with E-state index in [0.29, 0.717) is 30.8 Å². The van der Waals surface area contributed by atoms with Gasteiger partial charge in [0.25, 0.3) is 15.9 Å². The monoisotopic (exact) mass is 456 g/mol. The maximum absolute atomic E-state index is 13.1. The summed E-state index contributed by atoms with van der Waals surface area (Å²) in [4.78, 5) is 13.1. The van der Waals surface area contributed by atoms with Crippen molar-refractivity contribution in [3.8, 4) is 0 Å². The van der Waals surface area contributed by atoms with Gasteiger partial charge in [-0.1, -0.05) is 60.2 Å². The summed E-state index contributed by atoms with van der Waals surface area (Å²) in [6, 6.07) is 26.3. The highest BCUT2D eigenvalue weighted by molar-refractivity contribution is 7.92. The Kier molecular flexibility index (Phi) is 5.38. The van der Waals surface area contributed by atoms with Crippen molar-refractivity contribution in [1.82, 2.24) is 5.32 Å². The van der Waals surface area contributed by atoms with Crippen LogP contribution in [0.5, 0.6) is 0 Å². The molecule has 0 bridgehead atoms. The van der Waals surface area contributed by atoms with E-state index in [9.17, 15) is 13.2 Å². The molecule has 1 aliphatic rings. The molecule has 0 fully saturated rings. The minimum Gasteiger partial charge on any atom is -0.348 e. The Bertz CT molecular complexity index is 1460. The standard InChI is InChI=1S/C27H24N2O3S/c1-19-9-12-24(13-10-19)33(31,32)29-16-15-21-17-22(11-14-26(21)29)27(30)28-18-23-7-4-6-20-5-2-3-8-25(20)23/h2-14,17H,15-16,18H2,1H3,(H,28,30). The van der Waals surface area contributed by atoms with Crippen LogP contribution < -0.4 is 9.62 Å². The van der Waals surface area contributed by atoms with Gasteiger partial charge in [0, 0.05) is 18.7 Å². The zero-order valence-electron chi connectivity index (χ0n) is 18.3. The van der Waals surface area contributed by atoms with Crippen molar-refractivity contribution < 1.29 is 13.2 Å². The summed E-state index contributed by atoms with van der Waals surface area (Å²) in [5, 5.41) is 5.25. The molecule has 0 saturated heterocycles. The molecule has 0 atom stereocenters. The van der Waals surface area contributed by atoms with Crippen molar-refractivity contribution in [2.24, 2.45) is 0 Å². The van der Waals surface area contributed by atoms with Gasteiger partial charge in [0.2, 0.25) is 0 Å². The van der Waals surface area contributed by atoms with E-state index in [1.54, 1.807) is 42.5 Å². The third-order valence-corrected chi connectivity index (χ3v) is 7.95. The van der Waals surface area contributed by atoms with E-state index in [4.69, 9.17) is 0 Å². The second kappa shape index (κ2) is 8.37. The zero-order valence-corrected chi connectivity index (χ0v) is 19.1. The average molecular weight is 457 g/mol. The number of benzene rings is 4. The van der Waals surface area contributed by atoms with Gasteiger partial charge in [-0.25, -0.2) is 8.42 Å². The predicted octanol–water partition coefficient (Wildman–Crippen LogP) is 4.83. The number of sulfonamides is 1. The molecule has 33 heavy (non-hydrogen) atoms. The molecule has 0 aromatic heterocycles. The maximum Gasteiger partial charge on any atom is 0.264 e. The Hall–Kier alpha value is -3.64. The van der Waals surface area contributed by atoms with Crippen molar-refractivity contribution in [3.05, 3.63) is 107 Å². The molecule has 1 N–H and O–H groups in total. The number of carbonyl (C=O) groups excluding carboxylic acids is 1. The minimum atomic E-state index is -3.64. The molecule has 4 aromatic carbocycles. The molecule has 1 heterocycles. The van der Waals surface area contributed by atoms with Crippen LogP contribution in [0.25, 0.3) is 10.8 Å². The smallest absolute Gasteiger partial charge is 0.264 e. The molecule has 6 heteroatoms. The fourth-order valence-electron chi connectivity index (χ4n) is 4.32. The molecule has 0 unspecified atom stereocenters. The third-order valence-electron chi connectivity index (χ3n) is 6.12. The normalized spacial score (nSPS) is 13.2. The van der Waals surface area contributed by atoms with Crippen molar-refractivity contribution in [1.29, 1.82) is 0 Å². The molecule has 0 radical (unpaired) electrons. The molecule has 1 amide bonds. The van der Waals surface area contributed by atoms with Crippen molar-refractivity contribution >= 4 is 32.4 Å². The summed E-state index contributed by atoms with van der Waals surface area (Å²) in [6.07, 6.45) is 0.574. The average Bonchev–Trinajstić information content (AvgIpc) is 3.27. The highest BCUT2D eigenvalue weighted by Crippen LogP contribution is 2.33. The Balaban J connectivity index is 1.35. The van der Waals surface area contributed by atoms with Gasteiger partial charge in [-0.05, 0) is 65.6 Å². The van der Waals surface area contributed by atoms with Crippen LogP contribution in [0, 0.1) is 6.92 Å². The third kappa shape index (κ3) is 3.98. The highest BCUT2D eigenvalue weighted by Gasteiger charge is 2.31. The molecule has 0 saturated carbocycles. The van der Waals surface area contributed by atoms with Crippen molar-refractivity contribution in [2.75, 3.05) is 10.8 Å². The van der Waals surface area contributed by atoms with E-state index in [0.717, 1.165) is 27.5 Å². The molecule has 1 aliphatic heterocycles. The van der Waals surface area contributed by atoms with E-state index in [-0.39, 0.29) is 10.8 Å². The number of amides is 1. The Morgan fingerprint density at radius 2 is 1.70 bits per heavy atom. The predicted molar refractivity (Wildman–Crippen MR) is 131 cm³/mol. The number of hydrogen-bond acceptors (Lipinski definition) is 3. The summed E-state index contributed by atoms with van der Waals surface area (Å²) in [5.41, 5.74) is 4.10. The van der Waals surface area contributed by atoms with Crippen LogP contribution in [0.4, 0.5) is 5.69 Å². The number of anilines is 1. The van der Waals surface area contributed by atoms with Crippen molar-refractivity contribution in [2.45, 2.75) is 24.8 Å². The number of hydrogen-bond donors (Lipinski definition) is 1. The van der Waals surface area contributed by atoms with Crippen LogP contribution in [-0.2, 0) is 23.0 Å². The van der Waals surface area contributed by atoms with Crippen LogP contribution in [0.15, 0.2) is 89.8 Å². The van der Waals surface area contributed by atoms with Gasteiger partial charge in [0.05, 0.1) is 10.6 Å². The number of nitrogens with one attached hydrogen (secondary N) is 1. The minimum absolute atomic E-state index is 0.175. The topological polar surface area (TPSA) is 66.5 Å². The van der Waals surface area contributed by atoms with Gasteiger partial charge in [-0.2, -0.15) is 0 Å². The van der Waals surface area contributed by atoms with E-state index in [1.807, 2.05) is 31.2 Å². The first-order valence-corrected chi connectivity index (χ1v) is 12.3. The van der Waals surface area contributed by atoms with Crippen LogP contribution in [-0.4, -0.2) is 20.9 Å². The van der Waals surface area contributed by atoms with Gasteiger partial charge in [0.1, 0.15) is 0 Å². The van der Waals surface area contributed by atoms with Gasteiger partial charge in [-0.15, -0.1) is 0 Å². The number of aryl methyl sites for hydroxylation is 1. The molecule has 4 aromatic rings.